The van der Waals surface area contributed by atoms with Crippen LogP contribution in [0, 0.1) is 0 Å². The molecule has 0 aliphatic carbocycles. The summed E-state index contributed by atoms with van der Waals surface area (Å²) >= 11 is 6.32. The summed E-state index contributed by atoms with van der Waals surface area (Å²) in [5, 5.41) is 19.8. The topological polar surface area (TPSA) is 58.9 Å². The van der Waals surface area contributed by atoms with Crippen molar-refractivity contribution < 1.29 is 19.7 Å². The van der Waals surface area contributed by atoms with E-state index in [4.69, 9.17) is 21.1 Å². The van der Waals surface area contributed by atoms with Gasteiger partial charge in [-0.15, -0.1) is 0 Å². The smallest absolute Gasteiger partial charge is 0.162 e. The zero-order valence-electron chi connectivity index (χ0n) is 13.1. The summed E-state index contributed by atoms with van der Waals surface area (Å²) < 4.78 is 11.1. The molecule has 3 unspecified atom stereocenters. The van der Waals surface area contributed by atoms with Gasteiger partial charge in [-0.1, -0.05) is 18.5 Å². The van der Waals surface area contributed by atoms with Gasteiger partial charge in [0, 0.05) is 11.1 Å². The minimum atomic E-state index is -0.779. The Kier molecular flexibility index (Phi) is 7.29. The van der Waals surface area contributed by atoms with E-state index in [-0.39, 0.29) is 5.92 Å². The molecule has 0 aliphatic heterocycles. The largest absolute Gasteiger partial charge is 0.490 e. The Morgan fingerprint density at radius 3 is 2.05 bits per heavy atom. The van der Waals surface area contributed by atoms with Crippen LogP contribution in [0.2, 0.25) is 5.02 Å². The van der Waals surface area contributed by atoms with Crippen LogP contribution in [-0.2, 0) is 0 Å². The number of rotatable bonds is 8. The maximum atomic E-state index is 9.81. The number of aliphatic hydroxyl groups is 2. The van der Waals surface area contributed by atoms with E-state index in [0.717, 1.165) is 5.56 Å². The van der Waals surface area contributed by atoms with Gasteiger partial charge in [0.15, 0.2) is 11.5 Å². The highest BCUT2D eigenvalue weighted by atomic mass is 35.5. The van der Waals surface area contributed by atoms with Crippen LogP contribution in [0.1, 0.15) is 45.6 Å². The first-order valence-electron chi connectivity index (χ1n) is 7.35. The van der Waals surface area contributed by atoms with E-state index < -0.39 is 12.2 Å². The van der Waals surface area contributed by atoms with Gasteiger partial charge in [-0.05, 0) is 44.7 Å². The average molecular weight is 317 g/mol. The summed E-state index contributed by atoms with van der Waals surface area (Å²) in [5.74, 6) is 1.27. The molecule has 120 valence electrons. The van der Waals surface area contributed by atoms with Crippen LogP contribution in [-0.4, -0.2) is 35.6 Å². The second-order valence-electron chi connectivity index (χ2n) is 5.13. The van der Waals surface area contributed by atoms with Crippen molar-refractivity contribution in [3.8, 4) is 11.5 Å². The second kappa shape index (κ2) is 8.47. The number of halogens is 1. The molecule has 0 saturated heterocycles. The first kappa shape index (κ1) is 18.1. The van der Waals surface area contributed by atoms with Crippen LogP contribution < -0.4 is 9.47 Å². The zero-order chi connectivity index (χ0) is 16.0. The van der Waals surface area contributed by atoms with E-state index in [9.17, 15) is 10.2 Å². The lowest BCUT2D eigenvalue weighted by atomic mass is 9.93. The van der Waals surface area contributed by atoms with Crippen molar-refractivity contribution in [1.29, 1.82) is 0 Å². The van der Waals surface area contributed by atoms with Crippen molar-refractivity contribution in [1.82, 2.24) is 0 Å². The Hall–Kier alpha value is -0.970. The molecule has 21 heavy (non-hydrogen) atoms. The maximum absolute atomic E-state index is 9.81. The maximum Gasteiger partial charge on any atom is 0.162 e. The van der Waals surface area contributed by atoms with Crippen molar-refractivity contribution in [3.63, 3.8) is 0 Å². The zero-order valence-corrected chi connectivity index (χ0v) is 13.9. The summed E-state index contributed by atoms with van der Waals surface area (Å²) in [6, 6.07) is 3.60. The predicted octanol–water partition coefficient (Wildman–Crippen LogP) is 3.37. The van der Waals surface area contributed by atoms with Crippen LogP contribution in [0.5, 0.6) is 11.5 Å². The molecule has 0 heterocycles. The van der Waals surface area contributed by atoms with E-state index in [1.165, 1.54) is 0 Å². The van der Waals surface area contributed by atoms with E-state index in [1.807, 2.05) is 26.8 Å². The van der Waals surface area contributed by atoms with Gasteiger partial charge >= 0.3 is 0 Å². The fourth-order valence-corrected chi connectivity index (χ4v) is 2.49. The number of aliphatic hydroxyl groups excluding tert-OH is 2. The molecule has 0 aromatic heterocycles. The van der Waals surface area contributed by atoms with Gasteiger partial charge in [0.2, 0.25) is 0 Å². The molecule has 0 saturated carbocycles. The summed E-state index contributed by atoms with van der Waals surface area (Å²) in [6.45, 7) is 8.41. The minimum absolute atomic E-state index is 0.00279. The van der Waals surface area contributed by atoms with Gasteiger partial charge in [0.05, 0.1) is 25.4 Å². The van der Waals surface area contributed by atoms with Crippen molar-refractivity contribution >= 4 is 11.6 Å². The van der Waals surface area contributed by atoms with Gasteiger partial charge in [-0.2, -0.15) is 0 Å². The molecule has 0 fully saturated rings. The van der Waals surface area contributed by atoms with Gasteiger partial charge in [-0.25, -0.2) is 0 Å². The van der Waals surface area contributed by atoms with E-state index in [1.54, 1.807) is 13.0 Å². The quantitative estimate of drug-likeness (QED) is 0.772. The van der Waals surface area contributed by atoms with Crippen LogP contribution >= 0.6 is 11.6 Å². The van der Waals surface area contributed by atoms with Crippen LogP contribution in [0.4, 0.5) is 0 Å². The van der Waals surface area contributed by atoms with E-state index in [2.05, 4.69) is 0 Å². The van der Waals surface area contributed by atoms with Gasteiger partial charge in [0.1, 0.15) is 0 Å². The molecular formula is C16H25ClO4. The van der Waals surface area contributed by atoms with Crippen molar-refractivity contribution in [2.75, 3.05) is 13.2 Å². The molecule has 0 bridgehead atoms. The lowest BCUT2D eigenvalue weighted by Crippen LogP contribution is -2.24. The second-order valence-corrected chi connectivity index (χ2v) is 5.54. The highest BCUT2D eigenvalue weighted by molar-refractivity contribution is 6.31. The first-order chi connectivity index (χ1) is 9.90. The van der Waals surface area contributed by atoms with Crippen LogP contribution in [0.25, 0.3) is 0 Å². The Morgan fingerprint density at radius 1 is 1.05 bits per heavy atom. The molecule has 0 aliphatic rings. The molecular weight excluding hydrogens is 292 g/mol. The molecule has 1 aromatic carbocycles. The molecule has 1 aromatic rings. The fourth-order valence-electron chi connectivity index (χ4n) is 2.15. The van der Waals surface area contributed by atoms with Gasteiger partial charge < -0.3 is 19.7 Å². The molecule has 0 radical (unpaired) electrons. The SMILES string of the molecule is CCOc1cc(Cl)c(C(C)CC(O)C(C)O)cc1OCC. The van der Waals surface area contributed by atoms with E-state index >= 15 is 0 Å². The number of hydrogen-bond acceptors (Lipinski definition) is 4. The third-order valence-corrected chi connectivity index (χ3v) is 3.67. The Labute approximate surface area is 131 Å². The highest BCUT2D eigenvalue weighted by Gasteiger charge is 2.20. The van der Waals surface area contributed by atoms with Crippen LogP contribution in [0.3, 0.4) is 0 Å². The normalized spacial score (nSPS) is 15.4. The third-order valence-electron chi connectivity index (χ3n) is 3.35. The van der Waals surface area contributed by atoms with Crippen molar-refractivity contribution in [2.45, 2.75) is 52.2 Å². The monoisotopic (exact) mass is 316 g/mol. The Bertz CT molecular complexity index is 448. The number of hydrogen-bond donors (Lipinski definition) is 2. The molecule has 5 heteroatoms. The number of ether oxygens (including phenoxy) is 2. The molecule has 2 N–H and O–H groups in total. The first-order valence-corrected chi connectivity index (χ1v) is 7.73. The minimum Gasteiger partial charge on any atom is -0.490 e. The van der Waals surface area contributed by atoms with Crippen LogP contribution in [0.15, 0.2) is 12.1 Å². The molecule has 0 spiro atoms. The molecule has 1 rings (SSSR count). The van der Waals surface area contributed by atoms with Gasteiger partial charge in [0.25, 0.3) is 0 Å². The van der Waals surface area contributed by atoms with E-state index in [0.29, 0.717) is 36.2 Å². The average Bonchev–Trinajstić information content (AvgIpc) is 2.41. The third kappa shape index (κ3) is 5.06. The molecule has 0 amide bonds. The molecule has 3 atom stereocenters. The predicted molar refractivity (Wildman–Crippen MR) is 84.5 cm³/mol. The Morgan fingerprint density at radius 2 is 1.57 bits per heavy atom. The lowest BCUT2D eigenvalue weighted by Gasteiger charge is -2.21. The Balaban J connectivity index is 3.03. The summed E-state index contributed by atoms with van der Waals surface area (Å²) in [5.41, 5.74) is 0.878. The standard InChI is InChI=1S/C16H25ClO4/c1-5-20-15-8-12(10(3)7-14(19)11(4)18)13(17)9-16(15)21-6-2/h8-11,14,18-19H,5-7H2,1-4H3. The van der Waals surface area contributed by atoms with Gasteiger partial charge in [-0.3, -0.25) is 0 Å². The van der Waals surface area contributed by atoms with Crippen molar-refractivity contribution in [2.24, 2.45) is 0 Å². The summed E-state index contributed by atoms with van der Waals surface area (Å²) in [6.07, 6.45) is -1.12. The fraction of sp³-hybridized carbons (Fsp3) is 0.625. The lowest BCUT2D eigenvalue weighted by molar-refractivity contribution is 0.0227. The highest BCUT2D eigenvalue weighted by Crippen LogP contribution is 2.38. The molecule has 4 nitrogen and oxygen atoms in total. The van der Waals surface area contributed by atoms with Crippen molar-refractivity contribution in [3.05, 3.63) is 22.7 Å². The number of benzene rings is 1. The summed E-state index contributed by atoms with van der Waals surface area (Å²) in [7, 11) is 0. The summed E-state index contributed by atoms with van der Waals surface area (Å²) in [4.78, 5) is 0.